The van der Waals surface area contributed by atoms with Crippen LogP contribution in [0.5, 0.6) is 0 Å². The highest BCUT2D eigenvalue weighted by Gasteiger charge is 2.30. The van der Waals surface area contributed by atoms with Gasteiger partial charge in [0.15, 0.2) is 0 Å². The predicted octanol–water partition coefficient (Wildman–Crippen LogP) is -2.93. The molecule has 0 aromatic rings. The van der Waals surface area contributed by atoms with Crippen LogP contribution in [0.4, 0.5) is 0 Å². The molecular weight excluding hydrogens is 230 g/mol. The fraction of sp³-hybridized carbons (Fsp3) is 0.700. The van der Waals surface area contributed by atoms with Gasteiger partial charge in [-0.1, -0.05) is 6.58 Å². The molecule has 7 heteroatoms. The van der Waals surface area contributed by atoms with E-state index < -0.39 is 36.9 Å². The average Bonchev–Trinajstić information content (AvgIpc) is 2.34. The van der Waals surface area contributed by atoms with E-state index in [2.05, 4.69) is 6.58 Å². The maximum Gasteiger partial charge on any atom is 0.245 e. The van der Waals surface area contributed by atoms with Crippen LogP contribution in [0.2, 0.25) is 0 Å². The number of carbonyl (C=O) groups is 1. The SMILES string of the molecule is C=CC(=O)N(C)CC(O)C(O)C(O)C(O)CO. The van der Waals surface area contributed by atoms with E-state index in [4.69, 9.17) is 10.2 Å². The van der Waals surface area contributed by atoms with E-state index in [1.165, 1.54) is 7.05 Å². The molecule has 1 amide bonds. The molecule has 0 radical (unpaired) electrons. The number of nitrogens with zero attached hydrogens (tertiary/aromatic N) is 1. The summed E-state index contributed by atoms with van der Waals surface area (Å²) in [4.78, 5) is 12.2. The molecule has 0 saturated carbocycles. The first kappa shape index (κ1) is 16.0. The van der Waals surface area contributed by atoms with E-state index in [9.17, 15) is 20.1 Å². The van der Waals surface area contributed by atoms with Gasteiger partial charge in [-0.2, -0.15) is 0 Å². The molecule has 0 aromatic heterocycles. The molecule has 4 atom stereocenters. The van der Waals surface area contributed by atoms with E-state index in [1.807, 2.05) is 0 Å². The topological polar surface area (TPSA) is 121 Å². The minimum atomic E-state index is -1.69. The number of hydrogen-bond acceptors (Lipinski definition) is 6. The summed E-state index contributed by atoms with van der Waals surface area (Å²) in [5, 5.41) is 45.9. The number of aliphatic hydroxyl groups excluding tert-OH is 5. The fourth-order valence-electron chi connectivity index (χ4n) is 1.20. The third-order valence-corrected chi connectivity index (χ3v) is 2.34. The Kier molecular flexibility index (Phi) is 6.93. The molecule has 0 bridgehead atoms. The van der Waals surface area contributed by atoms with Gasteiger partial charge in [0.2, 0.25) is 5.91 Å². The highest BCUT2D eigenvalue weighted by Crippen LogP contribution is 2.06. The van der Waals surface area contributed by atoms with E-state index in [-0.39, 0.29) is 6.54 Å². The number of carbonyl (C=O) groups excluding carboxylic acids is 1. The van der Waals surface area contributed by atoms with Crippen LogP contribution in [0.1, 0.15) is 0 Å². The van der Waals surface area contributed by atoms with Gasteiger partial charge in [-0.25, -0.2) is 0 Å². The van der Waals surface area contributed by atoms with Crippen LogP contribution in [0, 0.1) is 0 Å². The minimum Gasteiger partial charge on any atom is -0.394 e. The second-order valence-corrected chi connectivity index (χ2v) is 3.72. The lowest BCUT2D eigenvalue weighted by Crippen LogP contribution is -2.49. The van der Waals surface area contributed by atoms with Crippen LogP contribution < -0.4 is 0 Å². The Labute approximate surface area is 99.2 Å². The molecule has 0 saturated heterocycles. The largest absolute Gasteiger partial charge is 0.394 e. The van der Waals surface area contributed by atoms with E-state index in [0.717, 1.165) is 11.0 Å². The van der Waals surface area contributed by atoms with Crippen molar-refractivity contribution < 1.29 is 30.3 Å². The number of likely N-dealkylation sites (N-methyl/N-ethyl adjacent to an activating group) is 1. The second kappa shape index (κ2) is 7.36. The summed E-state index contributed by atoms with van der Waals surface area (Å²) in [6.07, 6.45) is -5.32. The van der Waals surface area contributed by atoms with Crippen molar-refractivity contribution in [3.05, 3.63) is 12.7 Å². The number of hydrogen-bond donors (Lipinski definition) is 5. The van der Waals surface area contributed by atoms with Gasteiger partial charge in [0.1, 0.15) is 24.4 Å². The van der Waals surface area contributed by atoms with Gasteiger partial charge in [-0.05, 0) is 6.08 Å². The molecule has 0 spiro atoms. The molecule has 4 unspecified atom stereocenters. The van der Waals surface area contributed by atoms with Crippen molar-refractivity contribution in [3.8, 4) is 0 Å². The normalized spacial score (nSPS) is 18.0. The van der Waals surface area contributed by atoms with Crippen molar-refractivity contribution in [1.82, 2.24) is 4.90 Å². The zero-order valence-electron chi connectivity index (χ0n) is 9.60. The first-order valence-electron chi connectivity index (χ1n) is 5.05. The summed E-state index contributed by atoms with van der Waals surface area (Å²) in [6.45, 7) is 2.27. The van der Waals surface area contributed by atoms with Gasteiger partial charge in [-0.3, -0.25) is 4.79 Å². The maximum absolute atomic E-state index is 11.1. The highest BCUT2D eigenvalue weighted by atomic mass is 16.4. The van der Waals surface area contributed by atoms with E-state index in [0.29, 0.717) is 0 Å². The number of aliphatic hydroxyl groups is 5. The second-order valence-electron chi connectivity index (χ2n) is 3.72. The van der Waals surface area contributed by atoms with Gasteiger partial charge in [0.05, 0.1) is 6.61 Å². The highest BCUT2D eigenvalue weighted by molar-refractivity contribution is 5.86. The summed E-state index contributed by atoms with van der Waals surface area (Å²) in [5.41, 5.74) is 0. The molecule has 7 nitrogen and oxygen atoms in total. The molecule has 0 fully saturated rings. The van der Waals surface area contributed by atoms with Crippen LogP contribution in [0.25, 0.3) is 0 Å². The molecule has 0 aliphatic carbocycles. The molecule has 17 heavy (non-hydrogen) atoms. The molecule has 0 aliphatic heterocycles. The van der Waals surface area contributed by atoms with Crippen molar-refractivity contribution in [2.75, 3.05) is 20.2 Å². The lowest BCUT2D eigenvalue weighted by Gasteiger charge is -2.28. The molecule has 0 heterocycles. The zero-order valence-corrected chi connectivity index (χ0v) is 9.60. The fourth-order valence-corrected chi connectivity index (χ4v) is 1.20. The first-order valence-corrected chi connectivity index (χ1v) is 5.05. The van der Waals surface area contributed by atoms with Crippen molar-refractivity contribution >= 4 is 5.91 Å². The summed E-state index contributed by atoms with van der Waals surface area (Å²) < 4.78 is 0. The lowest BCUT2D eigenvalue weighted by molar-refractivity contribution is -0.134. The van der Waals surface area contributed by atoms with Crippen molar-refractivity contribution in [1.29, 1.82) is 0 Å². The third-order valence-electron chi connectivity index (χ3n) is 2.34. The Morgan fingerprint density at radius 3 is 2.12 bits per heavy atom. The van der Waals surface area contributed by atoms with Crippen LogP contribution in [-0.2, 0) is 4.79 Å². The van der Waals surface area contributed by atoms with E-state index >= 15 is 0 Å². The Hall–Kier alpha value is -0.990. The van der Waals surface area contributed by atoms with Gasteiger partial charge in [-0.15, -0.1) is 0 Å². The zero-order chi connectivity index (χ0) is 13.6. The molecule has 0 rings (SSSR count). The van der Waals surface area contributed by atoms with Crippen LogP contribution in [-0.4, -0.2) is 81.0 Å². The molecule has 5 N–H and O–H groups in total. The standard InChI is InChI=1S/C10H19NO6/c1-3-8(15)11(2)4-6(13)9(16)10(17)7(14)5-12/h3,6-7,9-10,12-14,16-17H,1,4-5H2,2H3. The Morgan fingerprint density at radius 1 is 1.24 bits per heavy atom. The summed E-state index contributed by atoms with van der Waals surface area (Å²) >= 11 is 0. The lowest BCUT2D eigenvalue weighted by atomic mass is 10.0. The van der Waals surface area contributed by atoms with Crippen LogP contribution in [0.15, 0.2) is 12.7 Å². The summed E-state index contributed by atoms with van der Waals surface area (Å²) in [6, 6.07) is 0. The van der Waals surface area contributed by atoms with Crippen LogP contribution in [0.3, 0.4) is 0 Å². The maximum atomic E-state index is 11.1. The molecule has 0 aromatic carbocycles. The van der Waals surface area contributed by atoms with Gasteiger partial charge >= 0.3 is 0 Å². The van der Waals surface area contributed by atoms with Gasteiger partial charge in [0.25, 0.3) is 0 Å². The monoisotopic (exact) mass is 249 g/mol. The van der Waals surface area contributed by atoms with Crippen molar-refractivity contribution in [2.24, 2.45) is 0 Å². The first-order chi connectivity index (χ1) is 7.84. The van der Waals surface area contributed by atoms with Crippen molar-refractivity contribution in [3.63, 3.8) is 0 Å². The Morgan fingerprint density at radius 2 is 1.71 bits per heavy atom. The van der Waals surface area contributed by atoms with Crippen molar-refractivity contribution in [2.45, 2.75) is 24.4 Å². The minimum absolute atomic E-state index is 0.235. The van der Waals surface area contributed by atoms with Gasteiger partial charge in [0, 0.05) is 13.6 Å². The molecular formula is C10H19NO6. The van der Waals surface area contributed by atoms with Crippen LogP contribution >= 0.6 is 0 Å². The quantitative estimate of drug-likeness (QED) is 0.308. The Bertz CT molecular complexity index is 259. The number of rotatable bonds is 7. The molecule has 100 valence electrons. The summed E-state index contributed by atoms with van der Waals surface area (Å²) in [5.74, 6) is -0.451. The Balaban J connectivity index is 4.35. The molecule has 0 aliphatic rings. The predicted molar refractivity (Wildman–Crippen MR) is 58.9 cm³/mol. The van der Waals surface area contributed by atoms with Gasteiger partial charge < -0.3 is 30.4 Å². The smallest absolute Gasteiger partial charge is 0.245 e. The van der Waals surface area contributed by atoms with E-state index in [1.54, 1.807) is 0 Å². The average molecular weight is 249 g/mol. The third kappa shape index (κ3) is 4.80. The summed E-state index contributed by atoms with van der Waals surface area (Å²) in [7, 11) is 1.38. The number of amides is 1.